The lowest BCUT2D eigenvalue weighted by atomic mass is 9.90. The molecule has 0 radical (unpaired) electrons. The van der Waals surface area contributed by atoms with Crippen LogP contribution >= 0.6 is 0 Å². The van der Waals surface area contributed by atoms with Gasteiger partial charge in [0, 0.05) is 6.61 Å². The molecule has 224 valence electrons. The third-order valence-corrected chi connectivity index (χ3v) is 7.16. The summed E-state index contributed by atoms with van der Waals surface area (Å²) in [5, 5.41) is 0. The normalized spacial score (nSPS) is 11.5. The molecule has 0 saturated heterocycles. The van der Waals surface area contributed by atoms with Crippen LogP contribution < -0.4 is 4.74 Å². The van der Waals surface area contributed by atoms with E-state index in [0.717, 1.165) is 55.4 Å². The van der Waals surface area contributed by atoms with Crippen LogP contribution in [0.15, 0.2) is 85.5 Å². The highest BCUT2D eigenvalue weighted by Gasteiger charge is 2.17. The van der Waals surface area contributed by atoms with Gasteiger partial charge in [-0.05, 0) is 78.3 Å². The molecule has 6 nitrogen and oxygen atoms in total. The Labute approximate surface area is 250 Å². The van der Waals surface area contributed by atoms with Crippen LogP contribution in [0.3, 0.4) is 0 Å². The minimum absolute atomic E-state index is 0.268. The summed E-state index contributed by atoms with van der Waals surface area (Å²) in [6.45, 7) is 10.0. The Morgan fingerprint density at radius 3 is 2.07 bits per heavy atom. The average Bonchev–Trinajstić information content (AvgIpc) is 3.03. The maximum atomic E-state index is 12.7. The molecule has 0 bridgehead atoms. The second-order valence-corrected chi connectivity index (χ2v) is 10.6. The van der Waals surface area contributed by atoms with E-state index in [1.54, 1.807) is 36.4 Å². The predicted octanol–water partition coefficient (Wildman–Crippen LogP) is 8.79. The zero-order chi connectivity index (χ0) is 30.0. The van der Waals surface area contributed by atoms with Crippen molar-refractivity contribution < 1.29 is 28.8 Å². The van der Waals surface area contributed by atoms with Crippen LogP contribution in [0.25, 0.3) is 11.1 Å². The second kappa shape index (κ2) is 18.5. The van der Waals surface area contributed by atoms with Crippen LogP contribution in [0.1, 0.15) is 85.1 Å². The van der Waals surface area contributed by atoms with Crippen molar-refractivity contribution in [2.24, 2.45) is 5.92 Å². The largest absolute Gasteiger partial charge is 0.494 e. The van der Waals surface area contributed by atoms with Gasteiger partial charge in [-0.15, -0.1) is 6.58 Å². The number of carbonyl (C=O) groups excluding carboxylic acids is 2. The van der Waals surface area contributed by atoms with Crippen molar-refractivity contribution in [3.63, 3.8) is 0 Å². The monoisotopic (exact) mass is 572 g/mol. The van der Waals surface area contributed by atoms with Gasteiger partial charge in [-0.2, -0.15) is 0 Å². The number of rotatable bonds is 18. The molecule has 0 spiro atoms. The van der Waals surface area contributed by atoms with E-state index in [0.29, 0.717) is 30.4 Å². The lowest BCUT2D eigenvalue weighted by Gasteiger charge is -2.15. The van der Waals surface area contributed by atoms with Crippen LogP contribution in [-0.4, -0.2) is 31.8 Å². The summed E-state index contributed by atoms with van der Waals surface area (Å²) in [6.07, 6.45) is 10.3. The molecule has 1 atom stereocenters. The van der Waals surface area contributed by atoms with Crippen LogP contribution in [-0.2, 0) is 20.9 Å². The van der Waals surface area contributed by atoms with Gasteiger partial charge < -0.3 is 9.47 Å². The zero-order valence-corrected chi connectivity index (χ0v) is 25.0. The number of unbranched alkanes of at least 4 members (excludes halogenated alkanes) is 5. The van der Waals surface area contributed by atoms with Gasteiger partial charge in [0.05, 0.1) is 24.3 Å². The van der Waals surface area contributed by atoms with E-state index >= 15 is 0 Å². The van der Waals surface area contributed by atoms with Crippen molar-refractivity contribution in [3.8, 4) is 16.9 Å². The fourth-order valence-corrected chi connectivity index (χ4v) is 4.54. The Morgan fingerprint density at radius 1 is 0.786 bits per heavy atom. The van der Waals surface area contributed by atoms with E-state index < -0.39 is 11.9 Å². The number of benzene rings is 3. The predicted molar refractivity (Wildman–Crippen MR) is 167 cm³/mol. The van der Waals surface area contributed by atoms with Crippen LogP contribution in [0, 0.1) is 5.92 Å². The Hall–Kier alpha value is -3.90. The maximum absolute atomic E-state index is 12.7. The van der Waals surface area contributed by atoms with Gasteiger partial charge in [0.25, 0.3) is 0 Å². The summed E-state index contributed by atoms with van der Waals surface area (Å²) >= 11 is 0. The number of hydrogen-bond donors (Lipinski definition) is 0. The van der Waals surface area contributed by atoms with Crippen molar-refractivity contribution in [2.75, 3.05) is 19.8 Å². The number of carbonyl (C=O) groups is 2. The minimum Gasteiger partial charge on any atom is -0.494 e. The Morgan fingerprint density at radius 2 is 1.40 bits per heavy atom. The standard InChI is InChI=1S/C36H44O6/c1-4-23-39-24-13-8-6-7-9-14-25-40-33-20-17-30(18-21-33)35(37)41-42-36(38)31-19-22-34(29-15-11-10-12-16-29)32(27-31)26-28(3)5-2/h4,10-12,15-22,27-28H,1,5-9,13-14,23-26H2,2-3H3. The van der Waals surface area contributed by atoms with Crippen LogP contribution in [0.2, 0.25) is 0 Å². The molecule has 1 unspecified atom stereocenters. The lowest BCUT2D eigenvalue weighted by Crippen LogP contribution is -2.12. The topological polar surface area (TPSA) is 71.1 Å². The Kier molecular flexibility index (Phi) is 14.4. The number of ether oxygens (including phenoxy) is 2. The van der Waals surface area contributed by atoms with Gasteiger partial charge in [0.2, 0.25) is 0 Å². The molecule has 0 aliphatic carbocycles. The summed E-state index contributed by atoms with van der Waals surface area (Å²) in [7, 11) is 0. The molecule has 0 fully saturated rings. The first-order valence-electron chi connectivity index (χ1n) is 15.0. The zero-order valence-electron chi connectivity index (χ0n) is 25.0. The van der Waals surface area contributed by atoms with Gasteiger partial charge in [0.15, 0.2) is 0 Å². The summed E-state index contributed by atoms with van der Waals surface area (Å²) < 4.78 is 11.2. The molecule has 0 aromatic heterocycles. The molecule has 0 N–H and O–H groups in total. The fourth-order valence-electron chi connectivity index (χ4n) is 4.54. The number of hydrogen-bond acceptors (Lipinski definition) is 6. The van der Waals surface area contributed by atoms with Gasteiger partial charge in [-0.1, -0.05) is 88.4 Å². The van der Waals surface area contributed by atoms with E-state index in [4.69, 9.17) is 19.2 Å². The maximum Gasteiger partial charge on any atom is 0.386 e. The molecule has 0 amide bonds. The molecule has 0 saturated carbocycles. The van der Waals surface area contributed by atoms with Crippen molar-refractivity contribution in [1.29, 1.82) is 0 Å². The minimum atomic E-state index is -0.745. The molecular formula is C36H44O6. The van der Waals surface area contributed by atoms with Gasteiger partial charge in [-0.25, -0.2) is 19.4 Å². The molecule has 6 heteroatoms. The quantitative estimate of drug-likeness (QED) is 0.0657. The SMILES string of the molecule is C=CCOCCCCCCCCOc1ccc(C(=O)OOC(=O)c2ccc(-c3ccccc3)c(CC(C)CC)c2)cc1. The Bertz CT molecular complexity index is 1240. The van der Waals surface area contributed by atoms with Gasteiger partial charge >= 0.3 is 11.9 Å². The first-order valence-corrected chi connectivity index (χ1v) is 15.0. The van der Waals surface area contributed by atoms with Crippen molar-refractivity contribution in [3.05, 3.63) is 102 Å². The smallest absolute Gasteiger partial charge is 0.386 e. The fraction of sp³-hybridized carbons (Fsp3) is 0.389. The van der Waals surface area contributed by atoms with E-state index in [2.05, 4.69) is 32.6 Å². The van der Waals surface area contributed by atoms with Crippen molar-refractivity contribution in [1.82, 2.24) is 0 Å². The molecule has 42 heavy (non-hydrogen) atoms. The van der Waals surface area contributed by atoms with Gasteiger partial charge in [-0.3, -0.25) is 0 Å². The summed E-state index contributed by atoms with van der Waals surface area (Å²) in [5.41, 5.74) is 3.82. The van der Waals surface area contributed by atoms with E-state index in [9.17, 15) is 9.59 Å². The van der Waals surface area contributed by atoms with Crippen molar-refractivity contribution in [2.45, 2.75) is 65.2 Å². The molecule has 3 aromatic rings. The molecule has 0 aliphatic heterocycles. The van der Waals surface area contributed by atoms with E-state index in [-0.39, 0.29) is 5.56 Å². The van der Waals surface area contributed by atoms with Gasteiger partial charge in [0.1, 0.15) is 5.75 Å². The van der Waals surface area contributed by atoms with Crippen LogP contribution in [0.4, 0.5) is 0 Å². The second-order valence-electron chi connectivity index (χ2n) is 10.6. The Balaban J connectivity index is 1.43. The average molecular weight is 573 g/mol. The highest BCUT2D eigenvalue weighted by molar-refractivity contribution is 5.93. The molecule has 0 aliphatic rings. The first kappa shape index (κ1) is 32.6. The first-order chi connectivity index (χ1) is 20.5. The molecule has 3 aromatic carbocycles. The van der Waals surface area contributed by atoms with Crippen LogP contribution in [0.5, 0.6) is 5.75 Å². The highest BCUT2D eigenvalue weighted by atomic mass is 17.2. The van der Waals surface area contributed by atoms with Crippen molar-refractivity contribution >= 4 is 11.9 Å². The summed E-state index contributed by atoms with van der Waals surface area (Å²) in [5.74, 6) is -0.331. The summed E-state index contributed by atoms with van der Waals surface area (Å²) in [4.78, 5) is 35.0. The molecule has 3 rings (SSSR count). The molecular weight excluding hydrogens is 528 g/mol. The third kappa shape index (κ3) is 11.2. The highest BCUT2D eigenvalue weighted by Crippen LogP contribution is 2.28. The van der Waals surface area contributed by atoms with E-state index in [1.165, 1.54) is 19.3 Å². The summed E-state index contributed by atoms with van der Waals surface area (Å²) in [6, 6.07) is 22.2. The molecule has 0 heterocycles. The third-order valence-electron chi connectivity index (χ3n) is 7.16. The lowest BCUT2D eigenvalue weighted by molar-refractivity contribution is -0.187. The van der Waals surface area contributed by atoms with E-state index in [1.807, 2.05) is 30.3 Å².